The Morgan fingerprint density at radius 2 is 1.93 bits per heavy atom. The number of amidine groups is 1. The SMILES string of the molecule is C[C@H]1CCCC[C@@H]1N1C(=O)/C(=C/c2cc(Cl)ccc2O)SC1=Nc1ccccc1. The summed E-state index contributed by atoms with van der Waals surface area (Å²) in [6.07, 6.45) is 6.14. The molecule has 0 radical (unpaired) electrons. The van der Waals surface area contributed by atoms with Crippen molar-refractivity contribution in [2.45, 2.75) is 38.6 Å². The molecule has 0 unspecified atom stereocenters. The van der Waals surface area contributed by atoms with Gasteiger partial charge in [-0.2, -0.15) is 0 Å². The molecule has 2 aromatic carbocycles. The van der Waals surface area contributed by atoms with Gasteiger partial charge in [0.1, 0.15) is 5.75 Å². The molecule has 1 aliphatic heterocycles. The first-order valence-corrected chi connectivity index (χ1v) is 11.1. The number of phenolic OH excluding ortho intramolecular Hbond substituents is 1. The monoisotopic (exact) mass is 426 g/mol. The van der Waals surface area contributed by atoms with Crippen LogP contribution in [0.25, 0.3) is 6.08 Å². The molecule has 1 N–H and O–H groups in total. The number of hydrogen-bond donors (Lipinski definition) is 1. The van der Waals surface area contributed by atoms with Crippen LogP contribution in [0.5, 0.6) is 5.75 Å². The van der Waals surface area contributed by atoms with Gasteiger partial charge in [-0.05, 0) is 66.9 Å². The van der Waals surface area contributed by atoms with Gasteiger partial charge in [0.05, 0.1) is 10.6 Å². The number of phenols is 1. The quantitative estimate of drug-likeness (QED) is 0.592. The molecule has 1 amide bonds. The van der Waals surface area contributed by atoms with Gasteiger partial charge < -0.3 is 5.11 Å². The lowest BCUT2D eigenvalue weighted by Gasteiger charge is -2.35. The molecule has 0 aromatic heterocycles. The molecule has 1 saturated carbocycles. The Labute approximate surface area is 180 Å². The smallest absolute Gasteiger partial charge is 0.267 e. The number of amides is 1. The van der Waals surface area contributed by atoms with Crippen molar-refractivity contribution in [3.63, 3.8) is 0 Å². The average molecular weight is 427 g/mol. The number of aliphatic imine (C=N–C) groups is 1. The van der Waals surface area contributed by atoms with Gasteiger partial charge >= 0.3 is 0 Å². The number of thioether (sulfide) groups is 1. The topological polar surface area (TPSA) is 52.9 Å². The molecule has 4 rings (SSSR count). The molecule has 150 valence electrons. The standard InChI is InChI=1S/C23H23ClN2O2S/c1-15-7-5-6-10-19(15)26-22(28)21(14-16-13-17(24)11-12-20(16)27)29-23(26)25-18-8-3-2-4-9-18/h2-4,8-9,11-15,19,27H,5-7,10H2,1H3/b21-14-,25-23?/t15-,19-/m0/s1. The highest BCUT2D eigenvalue weighted by Gasteiger charge is 2.41. The molecule has 0 spiro atoms. The van der Waals surface area contributed by atoms with Crippen LogP contribution in [0, 0.1) is 5.92 Å². The first kappa shape index (κ1) is 20.0. The Kier molecular flexibility index (Phi) is 5.97. The Balaban J connectivity index is 1.74. The minimum atomic E-state index is -0.0530. The molecule has 2 fully saturated rings. The number of rotatable bonds is 3. The minimum Gasteiger partial charge on any atom is -0.507 e. The number of carbonyl (C=O) groups is 1. The Morgan fingerprint density at radius 3 is 2.69 bits per heavy atom. The van der Waals surface area contributed by atoms with Crippen molar-refractivity contribution in [1.29, 1.82) is 0 Å². The van der Waals surface area contributed by atoms with E-state index in [1.807, 2.05) is 35.2 Å². The van der Waals surface area contributed by atoms with Gasteiger partial charge in [-0.1, -0.05) is 49.6 Å². The summed E-state index contributed by atoms with van der Waals surface area (Å²) < 4.78 is 0. The molecule has 4 nitrogen and oxygen atoms in total. The number of halogens is 1. The van der Waals surface area contributed by atoms with Crippen LogP contribution in [0.4, 0.5) is 5.69 Å². The van der Waals surface area contributed by atoms with E-state index in [1.165, 1.54) is 18.2 Å². The molecule has 6 heteroatoms. The summed E-state index contributed by atoms with van der Waals surface area (Å²) in [6, 6.07) is 14.7. The maximum atomic E-state index is 13.4. The van der Waals surface area contributed by atoms with Crippen LogP contribution in [0.2, 0.25) is 5.02 Å². The van der Waals surface area contributed by atoms with Crippen LogP contribution in [0.1, 0.15) is 38.2 Å². The van der Waals surface area contributed by atoms with E-state index in [2.05, 4.69) is 6.92 Å². The third-order valence-electron chi connectivity index (χ3n) is 5.49. The predicted molar refractivity (Wildman–Crippen MR) is 120 cm³/mol. The van der Waals surface area contributed by atoms with E-state index in [9.17, 15) is 9.90 Å². The van der Waals surface area contributed by atoms with E-state index in [0.29, 0.717) is 26.6 Å². The van der Waals surface area contributed by atoms with E-state index in [-0.39, 0.29) is 17.7 Å². The lowest BCUT2D eigenvalue weighted by atomic mass is 9.85. The zero-order valence-electron chi connectivity index (χ0n) is 16.2. The van der Waals surface area contributed by atoms with Crippen molar-refractivity contribution >= 4 is 46.2 Å². The summed E-state index contributed by atoms with van der Waals surface area (Å²) >= 11 is 7.44. The van der Waals surface area contributed by atoms with Crippen molar-refractivity contribution in [1.82, 2.24) is 4.90 Å². The maximum absolute atomic E-state index is 13.4. The normalized spacial score (nSPS) is 25.2. The van der Waals surface area contributed by atoms with Crippen molar-refractivity contribution in [3.05, 3.63) is 64.0 Å². The van der Waals surface area contributed by atoms with Crippen molar-refractivity contribution in [2.24, 2.45) is 10.9 Å². The van der Waals surface area contributed by atoms with E-state index in [1.54, 1.807) is 24.3 Å². The highest BCUT2D eigenvalue weighted by Crippen LogP contribution is 2.40. The van der Waals surface area contributed by atoms with Crippen molar-refractivity contribution < 1.29 is 9.90 Å². The van der Waals surface area contributed by atoms with Crippen LogP contribution >= 0.6 is 23.4 Å². The molecule has 29 heavy (non-hydrogen) atoms. The first-order valence-electron chi connectivity index (χ1n) is 9.88. The fourth-order valence-electron chi connectivity index (χ4n) is 3.93. The van der Waals surface area contributed by atoms with Crippen molar-refractivity contribution in [2.75, 3.05) is 0 Å². The molecule has 0 bridgehead atoms. The summed E-state index contributed by atoms with van der Waals surface area (Å²) in [6.45, 7) is 2.21. The second-order valence-corrected chi connectivity index (χ2v) is 8.99. The fraction of sp³-hybridized carbons (Fsp3) is 0.304. The Hall–Kier alpha value is -2.24. The van der Waals surface area contributed by atoms with E-state index >= 15 is 0 Å². The highest BCUT2D eigenvalue weighted by atomic mass is 35.5. The van der Waals surface area contributed by atoms with Gasteiger partial charge in [0.25, 0.3) is 5.91 Å². The number of nitrogens with zero attached hydrogens (tertiary/aromatic N) is 2. The molecule has 2 atom stereocenters. The Bertz CT molecular complexity index is 974. The number of benzene rings is 2. The number of hydrogen-bond acceptors (Lipinski definition) is 4. The van der Waals surface area contributed by atoms with Gasteiger partial charge in [0, 0.05) is 16.6 Å². The summed E-state index contributed by atoms with van der Waals surface area (Å²) in [7, 11) is 0. The molecular weight excluding hydrogens is 404 g/mol. The molecule has 2 aromatic rings. The van der Waals surface area contributed by atoms with E-state index < -0.39 is 0 Å². The lowest BCUT2D eigenvalue weighted by molar-refractivity contribution is -0.124. The fourth-order valence-corrected chi connectivity index (χ4v) is 5.15. The van der Waals surface area contributed by atoms with Gasteiger partial charge in [0.15, 0.2) is 5.17 Å². The van der Waals surface area contributed by atoms with Gasteiger partial charge in [-0.15, -0.1) is 0 Å². The number of carbonyl (C=O) groups excluding carboxylic acids is 1. The van der Waals surface area contributed by atoms with Crippen LogP contribution < -0.4 is 0 Å². The lowest BCUT2D eigenvalue weighted by Crippen LogP contribution is -2.44. The second kappa shape index (κ2) is 8.64. The number of aromatic hydroxyl groups is 1. The zero-order valence-corrected chi connectivity index (χ0v) is 17.8. The van der Waals surface area contributed by atoms with Crippen LogP contribution in [0.15, 0.2) is 58.4 Å². The van der Waals surface area contributed by atoms with E-state index in [0.717, 1.165) is 24.9 Å². The minimum absolute atomic E-state index is 0.0530. The summed E-state index contributed by atoms with van der Waals surface area (Å²) in [5.41, 5.74) is 1.36. The third kappa shape index (κ3) is 4.36. The largest absolute Gasteiger partial charge is 0.507 e. The van der Waals surface area contributed by atoms with Gasteiger partial charge in [0.2, 0.25) is 0 Å². The van der Waals surface area contributed by atoms with Crippen molar-refractivity contribution in [3.8, 4) is 5.75 Å². The van der Waals surface area contributed by atoms with Crippen LogP contribution in [-0.2, 0) is 4.79 Å². The molecular formula is C23H23ClN2O2S. The molecule has 2 aliphatic rings. The van der Waals surface area contributed by atoms with E-state index in [4.69, 9.17) is 16.6 Å². The van der Waals surface area contributed by atoms with Crippen LogP contribution in [0.3, 0.4) is 0 Å². The van der Waals surface area contributed by atoms with Gasteiger partial charge in [-0.3, -0.25) is 9.69 Å². The summed E-state index contributed by atoms with van der Waals surface area (Å²) in [4.78, 5) is 20.6. The average Bonchev–Trinajstić information content (AvgIpc) is 3.01. The molecule has 1 aliphatic carbocycles. The van der Waals surface area contributed by atoms with Crippen LogP contribution in [-0.4, -0.2) is 27.1 Å². The molecule has 1 heterocycles. The highest BCUT2D eigenvalue weighted by molar-refractivity contribution is 8.18. The molecule has 1 saturated heterocycles. The zero-order chi connectivity index (χ0) is 20.4. The third-order valence-corrected chi connectivity index (χ3v) is 6.71. The summed E-state index contributed by atoms with van der Waals surface area (Å²) in [5.74, 6) is 0.470. The summed E-state index contributed by atoms with van der Waals surface area (Å²) in [5, 5.41) is 11.4. The number of para-hydroxylation sites is 1. The Morgan fingerprint density at radius 1 is 1.17 bits per heavy atom. The van der Waals surface area contributed by atoms with Gasteiger partial charge in [-0.25, -0.2) is 4.99 Å². The first-order chi connectivity index (χ1) is 14.0. The second-order valence-electron chi connectivity index (χ2n) is 7.55. The predicted octanol–water partition coefficient (Wildman–Crippen LogP) is 6.23. The maximum Gasteiger partial charge on any atom is 0.267 e.